The van der Waals surface area contributed by atoms with Gasteiger partial charge < -0.3 is 4.57 Å². The van der Waals surface area contributed by atoms with E-state index in [9.17, 15) is 14.4 Å². The second kappa shape index (κ2) is 4.43. The molecular weight excluding hydrogens is 260 g/mol. The number of carbonyl (C=O) groups excluding carboxylic acids is 3. The van der Waals surface area contributed by atoms with E-state index >= 15 is 0 Å². The van der Waals surface area contributed by atoms with Gasteiger partial charge in [-0.1, -0.05) is 6.42 Å². The molecule has 0 radical (unpaired) electrons. The molecule has 1 spiro atoms. The van der Waals surface area contributed by atoms with Crippen LogP contribution in [0.2, 0.25) is 0 Å². The topological polar surface area (TPSA) is 84.3 Å². The first kappa shape index (κ1) is 12.8. The normalized spacial score (nSPS) is 21.1. The number of nitrogens with zero attached hydrogens (tertiary/aromatic N) is 3. The number of aromatic nitrogens is 2. The van der Waals surface area contributed by atoms with Crippen LogP contribution in [0.3, 0.4) is 0 Å². The Morgan fingerprint density at radius 3 is 2.65 bits per heavy atom. The number of hydrogen-bond donors (Lipinski definition) is 1. The first-order valence-corrected chi connectivity index (χ1v) is 6.68. The van der Waals surface area contributed by atoms with Gasteiger partial charge in [0.15, 0.2) is 0 Å². The fourth-order valence-corrected chi connectivity index (χ4v) is 2.76. The molecule has 0 aromatic carbocycles. The van der Waals surface area contributed by atoms with E-state index in [0.717, 1.165) is 17.1 Å². The molecule has 1 aliphatic carbocycles. The standard InChI is InChI=1S/C13H16N4O3/c1-16-8-6-14-9(16)3-7-17-11(19)13(4-2-5-13)10(18)15-12(17)20/h6,8H,2-5,7H2,1H3,(H,15,18,20). The Kier molecular flexibility index (Phi) is 2.84. The van der Waals surface area contributed by atoms with Crippen molar-refractivity contribution in [3.05, 3.63) is 18.2 Å². The molecule has 7 nitrogen and oxygen atoms in total. The lowest BCUT2D eigenvalue weighted by Gasteiger charge is -2.44. The number of hydrogen-bond acceptors (Lipinski definition) is 4. The van der Waals surface area contributed by atoms with Gasteiger partial charge in [0.25, 0.3) is 0 Å². The zero-order chi connectivity index (χ0) is 14.3. The summed E-state index contributed by atoms with van der Waals surface area (Å²) in [7, 11) is 1.86. The molecule has 4 amide bonds. The summed E-state index contributed by atoms with van der Waals surface area (Å²) in [6, 6.07) is -0.619. The summed E-state index contributed by atoms with van der Waals surface area (Å²) in [6.07, 6.45) is 5.87. The predicted molar refractivity (Wildman–Crippen MR) is 68.4 cm³/mol. The lowest BCUT2D eigenvalue weighted by Crippen LogP contribution is -2.66. The number of barbiturate groups is 1. The van der Waals surface area contributed by atoms with Gasteiger partial charge in [0, 0.05) is 32.4 Å². The maximum Gasteiger partial charge on any atom is 0.330 e. The highest BCUT2D eigenvalue weighted by atomic mass is 16.2. The van der Waals surface area contributed by atoms with Crippen molar-refractivity contribution in [3.63, 3.8) is 0 Å². The van der Waals surface area contributed by atoms with Crippen LogP contribution in [-0.4, -0.2) is 38.8 Å². The van der Waals surface area contributed by atoms with Gasteiger partial charge >= 0.3 is 6.03 Å². The molecule has 2 fully saturated rings. The SMILES string of the molecule is Cn1ccnc1CCN1C(=O)NC(=O)C2(CCC2)C1=O. The zero-order valence-electron chi connectivity index (χ0n) is 11.3. The molecule has 0 bridgehead atoms. The van der Waals surface area contributed by atoms with Crippen LogP contribution in [0.25, 0.3) is 0 Å². The monoisotopic (exact) mass is 276 g/mol. The van der Waals surface area contributed by atoms with Crippen molar-refractivity contribution in [3.8, 4) is 0 Å². The molecule has 1 saturated carbocycles. The molecule has 1 aromatic heterocycles. The van der Waals surface area contributed by atoms with Crippen LogP contribution in [0, 0.1) is 5.41 Å². The van der Waals surface area contributed by atoms with Crippen molar-refractivity contribution in [1.82, 2.24) is 19.8 Å². The average molecular weight is 276 g/mol. The Labute approximate surface area is 116 Å². The second-order valence-corrected chi connectivity index (χ2v) is 5.36. The fraction of sp³-hybridized carbons (Fsp3) is 0.538. The predicted octanol–water partition coefficient (Wildman–Crippen LogP) is 0.211. The van der Waals surface area contributed by atoms with Gasteiger partial charge in [-0.25, -0.2) is 9.78 Å². The largest absolute Gasteiger partial charge is 0.338 e. The van der Waals surface area contributed by atoms with Crippen LogP contribution >= 0.6 is 0 Å². The third-order valence-electron chi connectivity index (χ3n) is 4.24. The minimum Gasteiger partial charge on any atom is -0.338 e. The van der Waals surface area contributed by atoms with Crippen LogP contribution in [0.1, 0.15) is 25.1 Å². The molecule has 1 aliphatic heterocycles. The van der Waals surface area contributed by atoms with E-state index in [1.807, 2.05) is 17.8 Å². The van der Waals surface area contributed by atoms with E-state index in [1.54, 1.807) is 6.20 Å². The van der Waals surface area contributed by atoms with E-state index in [0.29, 0.717) is 19.3 Å². The Bertz CT molecular complexity index is 588. The quantitative estimate of drug-likeness (QED) is 0.800. The van der Waals surface area contributed by atoms with Crippen molar-refractivity contribution in [2.45, 2.75) is 25.7 Å². The highest BCUT2D eigenvalue weighted by Gasteiger charge is 2.57. The number of rotatable bonds is 3. The van der Waals surface area contributed by atoms with Gasteiger partial charge in [-0.05, 0) is 12.8 Å². The van der Waals surface area contributed by atoms with Crippen molar-refractivity contribution < 1.29 is 14.4 Å². The molecule has 3 rings (SSSR count). The molecule has 2 heterocycles. The van der Waals surface area contributed by atoms with E-state index < -0.39 is 17.4 Å². The maximum atomic E-state index is 12.4. The van der Waals surface area contributed by atoms with Crippen molar-refractivity contribution in [2.75, 3.05) is 6.54 Å². The minimum absolute atomic E-state index is 0.241. The van der Waals surface area contributed by atoms with Crippen LogP contribution in [0.5, 0.6) is 0 Å². The third kappa shape index (κ3) is 1.73. The number of imidazole rings is 1. The second-order valence-electron chi connectivity index (χ2n) is 5.36. The molecule has 1 saturated heterocycles. The number of urea groups is 1. The van der Waals surface area contributed by atoms with Gasteiger partial charge in [0.05, 0.1) is 0 Å². The van der Waals surface area contributed by atoms with Crippen LogP contribution in [-0.2, 0) is 23.1 Å². The van der Waals surface area contributed by atoms with Crippen molar-refractivity contribution in [2.24, 2.45) is 12.5 Å². The molecule has 1 N–H and O–H groups in total. The van der Waals surface area contributed by atoms with Crippen molar-refractivity contribution in [1.29, 1.82) is 0 Å². The molecule has 106 valence electrons. The number of aryl methyl sites for hydroxylation is 1. The molecule has 20 heavy (non-hydrogen) atoms. The van der Waals surface area contributed by atoms with E-state index in [4.69, 9.17) is 0 Å². The van der Waals surface area contributed by atoms with Crippen LogP contribution in [0.4, 0.5) is 4.79 Å². The third-order valence-corrected chi connectivity index (χ3v) is 4.24. The molecular formula is C13H16N4O3. The summed E-state index contributed by atoms with van der Waals surface area (Å²) < 4.78 is 1.84. The Morgan fingerprint density at radius 1 is 1.35 bits per heavy atom. The maximum absolute atomic E-state index is 12.4. The minimum atomic E-state index is -0.991. The zero-order valence-corrected chi connectivity index (χ0v) is 11.3. The molecule has 2 aliphatic rings. The van der Waals surface area contributed by atoms with E-state index in [1.165, 1.54) is 0 Å². The van der Waals surface area contributed by atoms with Gasteiger partial charge in [-0.3, -0.25) is 19.8 Å². The van der Waals surface area contributed by atoms with Crippen LogP contribution in [0.15, 0.2) is 12.4 Å². The summed E-state index contributed by atoms with van der Waals surface area (Å²) in [5.74, 6) is 0.00357. The number of amides is 4. The summed E-state index contributed by atoms with van der Waals surface area (Å²) in [6.45, 7) is 0.241. The summed E-state index contributed by atoms with van der Waals surface area (Å²) in [4.78, 5) is 41.4. The van der Waals surface area contributed by atoms with E-state index in [-0.39, 0.29) is 12.5 Å². The summed E-state index contributed by atoms with van der Waals surface area (Å²) in [5, 5.41) is 2.30. The van der Waals surface area contributed by atoms with Gasteiger partial charge in [-0.2, -0.15) is 0 Å². The van der Waals surface area contributed by atoms with Gasteiger partial charge in [-0.15, -0.1) is 0 Å². The first-order valence-electron chi connectivity index (χ1n) is 6.68. The fourth-order valence-electron chi connectivity index (χ4n) is 2.76. The summed E-state index contributed by atoms with van der Waals surface area (Å²) >= 11 is 0. The van der Waals surface area contributed by atoms with Gasteiger partial charge in [0.2, 0.25) is 11.8 Å². The highest BCUT2D eigenvalue weighted by molar-refractivity contribution is 6.19. The highest BCUT2D eigenvalue weighted by Crippen LogP contribution is 2.44. The Balaban J connectivity index is 1.75. The molecule has 7 heteroatoms. The number of carbonyl (C=O) groups is 3. The lowest BCUT2D eigenvalue weighted by molar-refractivity contribution is -0.157. The molecule has 0 unspecified atom stereocenters. The lowest BCUT2D eigenvalue weighted by atomic mass is 9.66. The Hall–Kier alpha value is -2.18. The van der Waals surface area contributed by atoms with Gasteiger partial charge in [0.1, 0.15) is 11.2 Å². The Morgan fingerprint density at radius 2 is 2.10 bits per heavy atom. The number of imide groups is 2. The van der Waals surface area contributed by atoms with Crippen LogP contribution < -0.4 is 5.32 Å². The molecule has 1 aromatic rings. The average Bonchev–Trinajstić information content (AvgIpc) is 2.72. The number of nitrogens with one attached hydrogen (secondary N) is 1. The molecule has 0 atom stereocenters. The van der Waals surface area contributed by atoms with E-state index in [2.05, 4.69) is 10.3 Å². The summed E-state index contributed by atoms with van der Waals surface area (Å²) in [5.41, 5.74) is -0.991. The first-order chi connectivity index (χ1) is 9.54. The van der Waals surface area contributed by atoms with Crippen molar-refractivity contribution >= 4 is 17.8 Å². The smallest absolute Gasteiger partial charge is 0.330 e.